The van der Waals surface area contributed by atoms with Crippen LogP contribution in [0.2, 0.25) is 0 Å². The maximum atomic E-state index is 11.0. The van der Waals surface area contributed by atoms with Gasteiger partial charge < -0.3 is 5.32 Å². The first-order valence-electron chi connectivity index (χ1n) is 4.39. The van der Waals surface area contributed by atoms with Gasteiger partial charge in [0.2, 0.25) is 0 Å². The van der Waals surface area contributed by atoms with E-state index in [1.54, 1.807) is 6.92 Å². The summed E-state index contributed by atoms with van der Waals surface area (Å²) in [5.41, 5.74) is 0. The van der Waals surface area contributed by atoms with E-state index in [9.17, 15) is 8.42 Å². The van der Waals surface area contributed by atoms with Crippen LogP contribution >= 0.6 is 0 Å². The predicted octanol–water partition coefficient (Wildman–Crippen LogP) is 0.419. The zero-order chi connectivity index (χ0) is 9.19. The molecule has 0 aromatic carbocycles. The minimum Gasteiger partial charge on any atom is -0.315 e. The van der Waals surface area contributed by atoms with Crippen LogP contribution in [0.5, 0.6) is 0 Å². The largest absolute Gasteiger partial charge is 0.315 e. The first-order valence-corrected chi connectivity index (χ1v) is 6.35. The van der Waals surface area contributed by atoms with E-state index in [2.05, 4.69) is 5.32 Å². The average molecular weight is 191 g/mol. The molecule has 0 amide bonds. The van der Waals surface area contributed by atoms with Crippen LogP contribution in [0.3, 0.4) is 0 Å². The smallest absolute Gasteiger partial charge is 0.151 e. The minimum absolute atomic E-state index is 0.253. The molecular formula is C8H17NO2S. The van der Waals surface area contributed by atoms with E-state index in [-0.39, 0.29) is 5.25 Å². The fraction of sp³-hybridized carbons (Fsp3) is 1.00. The Bertz CT molecular complexity index is 231. The predicted molar refractivity (Wildman–Crippen MR) is 49.9 cm³/mol. The number of hydrogen-bond donors (Lipinski definition) is 1. The molecule has 1 fully saturated rings. The maximum absolute atomic E-state index is 11.0. The fourth-order valence-corrected chi connectivity index (χ4v) is 1.38. The fourth-order valence-electron chi connectivity index (χ4n) is 0.964. The summed E-state index contributed by atoms with van der Waals surface area (Å²) in [6, 6.07) is 0. The maximum Gasteiger partial charge on any atom is 0.151 e. The van der Waals surface area contributed by atoms with Crippen LogP contribution in [0.4, 0.5) is 0 Å². The Labute approximate surface area is 74.5 Å². The standard InChI is InChI=1S/C8H17NO2S/c1-7(12(2,10)11)5-9-6-8-3-4-8/h7-9H,3-6H2,1-2H3. The van der Waals surface area contributed by atoms with E-state index in [1.165, 1.54) is 19.1 Å². The lowest BCUT2D eigenvalue weighted by molar-refractivity contribution is 0.571. The Morgan fingerprint density at radius 2 is 2.08 bits per heavy atom. The summed E-state index contributed by atoms with van der Waals surface area (Å²) in [7, 11) is -2.84. The molecule has 0 heterocycles. The highest BCUT2D eigenvalue weighted by Gasteiger charge is 2.21. The first kappa shape index (κ1) is 9.99. The number of nitrogens with one attached hydrogen (secondary N) is 1. The van der Waals surface area contributed by atoms with E-state index in [1.807, 2.05) is 0 Å². The van der Waals surface area contributed by atoms with Gasteiger partial charge >= 0.3 is 0 Å². The Balaban J connectivity index is 2.12. The van der Waals surface area contributed by atoms with Gasteiger partial charge in [-0.25, -0.2) is 8.42 Å². The molecule has 0 spiro atoms. The van der Waals surface area contributed by atoms with Crippen molar-refractivity contribution >= 4 is 9.84 Å². The van der Waals surface area contributed by atoms with E-state index in [4.69, 9.17) is 0 Å². The molecule has 1 aliphatic carbocycles. The first-order chi connectivity index (χ1) is 5.50. The molecule has 4 heteroatoms. The van der Waals surface area contributed by atoms with Crippen molar-refractivity contribution in [2.45, 2.75) is 25.0 Å². The van der Waals surface area contributed by atoms with Crippen molar-refractivity contribution in [3.05, 3.63) is 0 Å². The molecule has 0 saturated heterocycles. The molecule has 12 heavy (non-hydrogen) atoms. The molecule has 0 radical (unpaired) electrons. The molecule has 1 N–H and O–H groups in total. The van der Waals surface area contributed by atoms with Crippen molar-refractivity contribution in [3.63, 3.8) is 0 Å². The molecular weight excluding hydrogens is 174 g/mol. The molecule has 0 aromatic rings. The number of rotatable bonds is 5. The van der Waals surface area contributed by atoms with Crippen molar-refractivity contribution in [2.75, 3.05) is 19.3 Å². The van der Waals surface area contributed by atoms with Gasteiger partial charge in [0.1, 0.15) is 0 Å². The minimum atomic E-state index is -2.84. The summed E-state index contributed by atoms with van der Waals surface area (Å²) in [5, 5.41) is 2.92. The molecule has 0 aliphatic heterocycles. The van der Waals surface area contributed by atoms with Crippen molar-refractivity contribution < 1.29 is 8.42 Å². The van der Waals surface area contributed by atoms with E-state index >= 15 is 0 Å². The molecule has 1 atom stereocenters. The zero-order valence-corrected chi connectivity index (χ0v) is 8.52. The van der Waals surface area contributed by atoms with Crippen molar-refractivity contribution in [3.8, 4) is 0 Å². The van der Waals surface area contributed by atoms with Crippen molar-refractivity contribution in [2.24, 2.45) is 5.92 Å². The highest BCUT2D eigenvalue weighted by atomic mass is 32.2. The molecule has 0 bridgehead atoms. The molecule has 1 aliphatic rings. The molecule has 1 saturated carbocycles. The molecule has 0 aromatic heterocycles. The zero-order valence-electron chi connectivity index (χ0n) is 7.71. The summed E-state index contributed by atoms with van der Waals surface area (Å²) in [4.78, 5) is 0. The van der Waals surface area contributed by atoms with Crippen molar-refractivity contribution in [1.82, 2.24) is 5.32 Å². The van der Waals surface area contributed by atoms with Crippen molar-refractivity contribution in [1.29, 1.82) is 0 Å². The quantitative estimate of drug-likeness (QED) is 0.685. The van der Waals surface area contributed by atoms with Gasteiger partial charge in [0.25, 0.3) is 0 Å². The van der Waals surface area contributed by atoms with Gasteiger partial charge in [-0.05, 0) is 32.2 Å². The second kappa shape index (κ2) is 3.75. The summed E-state index contributed by atoms with van der Waals surface area (Å²) in [6.45, 7) is 3.32. The van der Waals surface area contributed by atoms with Crippen LogP contribution in [0.25, 0.3) is 0 Å². The lowest BCUT2D eigenvalue weighted by atomic mass is 10.4. The Morgan fingerprint density at radius 1 is 1.50 bits per heavy atom. The van der Waals surface area contributed by atoms with Gasteiger partial charge in [-0.2, -0.15) is 0 Å². The average Bonchev–Trinajstić information content (AvgIpc) is 2.69. The van der Waals surface area contributed by atoms with E-state index < -0.39 is 9.84 Å². The Kier molecular flexibility index (Phi) is 3.12. The van der Waals surface area contributed by atoms with Gasteiger partial charge in [0.05, 0.1) is 5.25 Å². The SMILES string of the molecule is CC(CNCC1CC1)S(C)(=O)=O. The lowest BCUT2D eigenvalue weighted by Crippen LogP contribution is -2.31. The van der Waals surface area contributed by atoms with Gasteiger partial charge in [0, 0.05) is 12.8 Å². The summed E-state index contributed by atoms with van der Waals surface area (Å²) in [6.07, 6.45) is 3.90. The topological polar surface area (TPSA) is 46.2 Å². The van der Waals surface area contributed by atoms with Gasteiger partial charge in [-0.3, -0.25) is 0 Å². The summed E-state index contributed by atoms with van der Waals surface area (Å²) < 4.78 is 22.0. The molecule has 1 rings (SSSR count). The van der Waals surface area contributed by atoms with Gasteiger partial charge in [-0.15, -0.1) is 0 Å². The monoisotopic (exact) mass is 191 g/mol. The highest BCUT2D eigenvalue weighted by Crippen LogP contribution is 2.27. The van der Waals surface area contributed by atoms with Crippen LogP contribution in [-0.2, 0) is 9.84 Å². The van der Waals surface area contributed by atoms with Crippen LogP contribution in [0.15, 0.2) is 0 Å². The van der Waals surface area contributed by atoms with E-state index in [0.717, 1.165) is 12.5 Å². The molecule has 1 unspecified atom stereocenters. The molecule has 72 valence electrons. The Morgan fingerprint density at radius 3 is 2.50 bits per heavy atom. The second-order valence-corrected chi connectivity index (χ2v) is 6.21. The van der Waals surface area contributed by atoms with Crippen LogP contribution in [0.1, 0.15) is 19.8 Å². The summed E-state index contributed by atoms with van der Waals surface area (Å²) >= 11 is 0. The van der Waals surface area contributed by atoms with Crippen LogP contribution in [0, 0.1) is 5.92 Å². The number of sulfone groups is 1. The van der Waals surface area contributed by atoms with Gasteiger partial charge in [-0.1, -0.05) is 0 Å². The Hall–Kier alpha value is -0.0900. The lowest BCUT2D eigenvalue weighted by Gasteiger charge is -2.09. The molecule has 3 nitrogen and oxygen atoms in total. The normalized spacial score (nSPS) is 20.8. The van der Waals surface area contributed by atoms with Gasteiger partial charge in [0.15, 0.2) is 9.84 Å². The van der Waals surface area contributed by atoms with Crippen LogP contribution < -0.4 is 5.32 Å². The third-order valence-corrected chi connectivity index (χ3v) is 3.92. The third kappa shape index (κ3) is 3.54. The number of hydrogen-bond acceptors (Lipinski definition) is 3. The van der Waals surface area contributed by atoms with E-state index in [0.29, 0.717) is 6.54 Å². The second-order valence-electron chi connectivity index (χ2n) is 3.74. The van der Waals surface area contributed by atoms with Crippen LogP contribution in [-0.4, -0.2) is 33.0 Å². The third-order valence-electron chi connectivity index (χ3n) is 2.29. The summed E-state index contributed by atoms with van der Waals surface area (Å²) in [5.74, 6) is 0.816. The highest BCUT2D eigenvalue weighted by molar-refractivity contribution is 7.91.